The molecule has 2 heterocycles. The zero-order valence-corrected chi connectivity index (χ0v) is 27.5. The van der Waals surface area contributed by atoms with E-state index in [2.05, 4.69) is 57.3 Å². The van der Waals surface area contributed by atoms with Crippen LogP contribution in [0.25, 0.3) is 0 Å². The number of hydrogen-bond acceptors (Lipinski definition) is 7. The van der Waals surface area contributed by atoms with E-state index in [-0.39, 0.29) is 11.4 Å². The van der Waals surface area contributed by atoms with Crippen LogP contribution in [0.5, 0.6) is 5.75 Å². The van der Waals surface area contributed by atoms with E-state index in [0.29, 0.717) is 46.4 Å². The summed E-state index contributed by atoms with van der Waals surface area (Å²) < 4.78 is 13.6. The fourth-order valence-electron chi connectivity index (χ4n) is 4.92. The predicted octanol–water partition coefficient (Wildman–Crippen LogP) is 8.73. The van der Waals surface area contributed by atoms with Crippen molar-refractivity contribution in [2.75, 3.05) is 11.9 Å². The molecule has 7 nitrogen and oxygen atoms in total. The van der Waals surface area contributed by atoms with Gasteiger partial charge in [0.05, 0.1) is 12.2 Å². The largest absolute Gasteiger partial charge is 0.489 e. The highest BCUT2D eigenvalue weighted by molar-refractivity contribution is 7.98. The Bertz CT molecular complexity index is 1630. The van der Waals surface area contributed by atoms with E-state index < -0.39 is 6.04 Å². The Hall–Kier alpha value is -3.75. The number of ether oxygens (including phenoxy) is 2. The zero-order valence-electron chi connectivity index (χ0n) is 25.9. The second-order valence-corrected chi connectivity index (χ2v) is 13.3. The molecule has 1 N–H and O–H groups in total. The van der Waals surface area contributed by atoms with Crippen LogP contribution in [0, 0.1) is 0 Å². The van der Waals surface area contributed by atoms with Gasteiger partial charge >= 0.3 is 5.97 Å². The molecule has 1 aliphatic rings. The number of benzene rings is 3. The summed E-state index contributed by atoms with van der Waals surface area (Å²) in [5.74, 6) is 1.57. The lowest BCUT2D eigenvalue weighted by Crippen LogP contribution is -2.29. The summed E-state index contributed by atoms with van der Waals surface area (Å²) in [5, 5.41) is 9.40. The van der Waals surface area contributed by atoms with Gasteiger partial charge in [-0.3, -0.25) is 0 Å². The number of esters is 1. The number of unbranched alkanes of at least 4 members (excludes halogenated alkanes) is 1. The number of rotatable bonds is 11. The average molecular weight is 631 g/mol. The van der Waals surface area contributed by atoms with Crippen molar-refractivity contribution in [1.29, 1.82) is 0 Å². The average Bonchev–Trinajstić information content (AvgIpc) is 3.41. The summed E-state index contributed by atoms with van der Waals surface area (Å²) >= 11 is 7.87. The Balaban J connectivity index is 1.37. The maximum Gasteiger partial charge on any atom is 0.338 e. The van der Waals surface area contributed by atoms with Crippen LogP contribution in [0.3, 0.4) is 0 Å². The first kappa shape index (κ1) is 31.7. The molecule has 1 aliphatic heterocycles. The van der Waals surface area contributed by atoms with Gasteiger partial charge in [-0.2, -0.15) is 4.98 Å². The van der Waals surface area contributed by atoms with E-state index in [0.717, 1.165) is 35.3 Å². The van der Waals surface area contributed by atoms with Crippen LogP contribution in [0.2, 0.25) is 5.02 Å². The molecule has 0 aliphatic carbocycles. The van der Waals surface area contributed by atoms with E-state index in [1.165, 1.54) is 17.3 Å². The van der Waals surface area contributed by atoms with Gasteiger partial charge in [-0.1, -0.05) is 112 Å². The summed E-state index contributed by atoms with van der Waals surface area (Å²) in [6, 6.07) is 23.6. The van der Waals surface area contributed by atoms with Gasteiger partial charge in [0.1, 0.15) is 18.4 Å². The van der Waals surface area contributed by atoms with Crippen LogP contribution in [-0.2, 0) is 27.3 Å². The smallest absolute Gasteiger partial charge is 0.338 e. The molecule has 0 radical (unpaired) electrons. The van der Waals surface area contributed by atoms with Crippen LogP contribution in [0.15, 0.2) is 89.2 Å². The quantitative estimate of drug-likeness (QED) is 0.101. The molecule has 0 saturated heterocycles. The molecule has 9 heteroatoms. The van der Waals surface area contributed by atoms with Crippen molar-refractivity contribution < 1.29 is 14.3 Å². The molecule has 0 bridgehead atoms. The van der Waals surface area contributed by atoms with Crippen molar-refractivity contribution in [1.82, 2.24) is 14.8 Å². The van der Waals surface area contributed by atoms with Crippen LogP contribution < -0.4 is 10.1 Å². The molecular formula is C35H39ClN4O3S. The highest BCUT2D eigenvalue weighted by atomic mass is 35.5. The molecule has 4 aromatic rings. The number of thioether (sulfide) groups is 1. The van der Waals surface area contributed by atoms with E-state index in [1.807, 2.05) is 55.5 Å². The minimum atomic E-state index is -0.512. The summed E-state index contributed by atoms with van der Waals surface area (Å²) in [5.41, 5.74) is 5.59. The van der Waals surface area contributed by atoms with Crippen molar-refractivity contribution in [2.24, 2.45) is 0 Å². The molecule has 0 amide bonds. The molecule has 5 rings (SSSR count). The van der Waals surface area contributed by atoms with Crippen LogP contribution in [0.4, 0.5) is 5.95 Å². The summed E-state index contributed by atoms with van der Waals surface area (Å²) in [6.45, 7) is 11.4. The minimum absolute atomic E-state index is 0.108. The molecule has 230 valence electrons. The molecule has 0 fully saturated rings. The van der Waals surface area contributed by atoms with Crippen molar-refractivity contribution in [3.8, 4) is 5.75 Å². The first-order valence-corrected chi connectivity index (χ1v) is 16.3. The number of carbonyl (C=O) groups excluding carboxylic acids is 1. The Morgan fingerprint density at radius 3 is 2.45 bits per heavy atom. The lowest BCUT2D eigenvalue weighted by Gasteiger charge is -2.28. The monoisotopic (exact) mass is 630 g/mol. The molecule has 3 aromatic carbocycles. The minimum Gasteiger partial charge on any atom is -0.489 e. The number of allylic oxidation sites excluding steroid dienone is 1. The number of aromatic nitrogens is 3. The molecule has 0 spiro atoms. The number of nitrogens with one attached hydrogen (secondary N) is 1. The van der Waals surface area contributed by atoms with Crippen LogP contribution in [0.1, 0.15) is 75.8 Å². The number of fused-ring (bicyclic) bond motifs is 1. The van der Waals surface area contributed by atoms with Gasteiger partial charge in [-0.15, -0.1) is 5.10 Å². The molecule has 44 heavy (non-hydrogen) atoms. The third kappa shape index (κ3) is 7.48. The first-order chi connectivity index (χ1) is 21.1. The molecule has 1 aromatic heterocycles. The molecule has 0 saturated carbocycles. The number of carbonyl (C=O) groups is 1. The lowest BCUT2D eigenvalue weighted by molar-refractivity contribution is -0.139. The van der Waals surface area contributed by atoms with Crippen molar-refractivity contribution >= 4 is 35.3 Å². The fraction of sp³-hybridized carbons (Fsp3) is 0.343. The Labute approximate surface area is 269 Å². The summed E-state index contributed by atoms with van der Waals surface area (Å²) in [6.07, 6.45) is 1.74. The molecular weight excluding hydrogens is 592 g/mol. The highest BCUT2D eigenvalue weighted by Gasteiger charge is 2.35. The van der Waals surface area contributed by atoms with E-state index in [4.69, 9.17) is 31.2 Å². The van der Waals surface area contributed by atoms with Crippen molar-refractivity contribution in [3.05, 3.63) is 111 Å². The Morgan fingerprint density at radius 1 is 1.05 bits per heavy atom. The zero-order chi connectivity index (χ0) is 31.3. The van der Waals surface area contributed by atoms with E-state index in [9.17, 15) is 4.79 Å². The van der Waals surface area contributed by atoms with Gasteiger partial charge in [0, 0.05) is 16.5 Å². The highest BCUT2D eigenvalue weighted by Crippen LogP contribution is 2.38. The maximum atomic E-state index is 13.4. The van der Waals surface area contributed by atoms with E-state index in [1.54, 1.807) is 4.68 Å². The topological polar surface area (TPSA) is 78.3 Å². The predicted molar refractivity (Wildman–Crippen MR) is 177 cm³/mol. The summed E-state index contributed by atoms with van der Waals surface area (Å²) in [4.78, 5) is 18.2. The van der Waals surface area contributed by atoms with Gasteiger partial charge < -0.3 is 14.8 Å². The normalized spacial score (nSPS) is 14.6. The Morgan fingerprint density at radius 2 is 1.77 bits per heavy atom. The second-order valence-electron chi connectivity index (χ2n) is 11.9. The maximum absolute atomic E-state index is 13.4. The van der Waals surface area contributed by atoms with Gasteiger partial charge in [0.25, 0.3) is 0 Å². The number of halogens is 1. The van der Waals surface area contributed by atoms with Crippen LogP contribution in [-0.4, -0.2) is 27.3 Å². The number of hydrogen-bond donors (Lipinski definition) is 1. The standard InChI is InChI=1S/C35H39ClN4O3S/c1-6-7-20-42-32(41)30-23(2)37-33-38-34(44-22-26-10-8-9-11-29(26)36)39-40(33)31(30)25-14-18-28(19-15-25)43-21-24-12-16-27(17-13-24)35(3,4)5/h8-19,31H,6-7,20-22H2,1-5H3,(H,37,38,39). The SMILES string of the molecule is CCCCOC(=O)C1=C(C)Nc2nc(SCc3ccccc3Cl)nn2C1c1ccc(OCc2ccc(C(C)(C)C)cc2)cc1. The second kappa shape index (κ2) is 13.9. The van der Waals surface area contributed by atoms with Gasteiger partial charge in [-0.25, -0.2) is 9.48 Å². The summed E-state index contributed by atoms with van der Waals surface area (Å²) in [7, 11) is 0. The van der Waals surface area contributed by atoms with Gasteiger partial charge in [0.15, 0.2) is 0 Å². The third-order valence-corrected chi connectivity index (χ3v) is 8.78. The first-order valence-electron chi connectivity index (χ1n) is 14.9. The molecule has 1 unspecified atom stereocenters. The van der Waals surface area contributed by atoms with Crippen molar-refractivity contribution in [3.63, 3.8) is 0 Å². The molecule has 1 atom stereocenters. The fourth-order valence-corrected chi connectivity index (χ4v) is 6.04. The lowest BCUT2D eigenvalue weighted by atomic mass is 9.87. The Kier molecular flexibility index (Phi) is 10.0. The number of anilines is 1. The van der Waals surface area contributed by atoms with Crippen molar-refractivity contribution in [2.45, 2.75) is 76.4 Å². The third-order valence-electron chi connectivity index (χ3n) is 7.52. The van der Waals surface area contributed by atoms with E-state index >= 15 is 0 Å². The number of nitrogens with zero attached hydrogens (tertiary/aromatic N) is 3. The van der Waals surface area contributed by atoms with Gasteiger partial charge in [-0.05, 0) is 59.2 Å². The van der Waals surface area contributed by atoms with Gasteiger partial charge in [0.2, 0.25) is 11.1 Å². The van der Waals surface area contributed by atoms with Crippen LogP contribution >= 0.6 is 23.4 Å².